The van der Waals surface area contributed by atoms with Crippen LogP contribution in [0.25, 0.3) is 0 Å². The summed E-state index contributed by atoms with van der Waals surface area (Å²) >= 11 is 0. The molecule has 0 aromatic heterocycles. The molecule has 0 unspecified atom stereocenters. The smallest absolute Gasteiger partial charge is 0.317 e. The Balaban J connectivity index is 2.03. The minimum atomic E-state index is -3.20. The van der Waals surface area contributed by atoms with Gasteiger partial charge in [-0.1, -0.05) is 13.8 Å². The molecule has 2 amide bonds. The van der Waals surface area contributed by atoms with Crippen LogP contribution >= 0.6 is 0 Å². The maximum absolute atomic E-state index is 12.7. The Hall–Kier alpha value is -0.820. The number of nitrogens with zero attached hydrogens (tertiary/aromatic N) is 2. The average molecular weight is 331 g/mol. The van der Waals surface area contributed by atoms with Crippen molar-refractivity contribution >= 4 is 16.1 Å². The molecule has 1 N–H and O–H groups in total. The summed E-state index contributed by atoms with van der Waals surface area (Å²) in [6.45, 7) is 10.3. The zero-order chi connectivity index (χ0) is 16.5. The highest BCUT2D eigenvalue weighted by Crippen LogP contribution is 2.34. The van der Waals surface area contributed by atoms with E-state index in [0.717, 1.165) is 6.42 Å². The molecule has 2 atom stereocenters. The molecule has 7 heteroatoms. The lowest BCUT2D eigenvalue weighted by atomic mass is 10.0. The van der Waals surface area contributed by atoms with Crippen molar-refractivity contribution in [2.75, 3.05) is 26.2 Å². The van der Waals surface area contributed by atoms with E-state index in [9.17, 15) is 13.2 Å². The highest BCUT2D eigenvalue weighted by molar-refractivity contribution is 7.90. The first kappa shape index (κ1) is 17.5. The van der Waals surface area contributed by atoms with Crippen molar-refractivity contribution in [3.05, 3.63) is 0 Å². The fourth-order valence-electron chi connectivity index (χ4n) is 3.42. The van der Waals surface area contributed by atoms with Crippen LogP contribution in [0.4, 0.5) is 4.79 Å². The maximum atomic E-state index is 12.7. The molecular weight excluding hydrogens is 302 g/mol. The summed E-state index contributed by atoms with van der Waals surface area (Å²) in [5.41, 5.74) is 0. The van der Waals surface area contributed by atoms with E-state index in [4.69, 9.17) is 0 Å². The molecule has 0 saturated carbocycles. The number of hydrogen-bond acceptors (Lipinski definition) is 3. The lowest BCUT2D eigenvalue weighted by molar-refractivity contribution is 0.196. The van der Waals surface area contributed by atoms with Gasteiger partial charge in [0.25, 0.3) is 0 Å². The molecule has 2 heterocycles. The third-order valence-corrected chi connectivity index (χ3v) is 6.83. The van der Waals surface area contributed by atoms with Crippen LogP contribution in [0.15, 0.2) is 0 Å². The minimum Gasteiger partial charge on any atom is -0.336 e. The lowest BCUT2D eigenvalue weighted by Crippen LogP contribution is -2.44. The summed E-state index contributed by atoms with van der Waals surface area (Å²) in [6.07, 6.45) is 1.32. The number of nitrogens with one attached hydrogen (secondary N) is 1. The van der Waals surface area contributed by atoms with E-state index in [0.29, 0.717) is 38.5 Å². The van der Waals surface area contributed by atoms with Crippen LogP contribution in [0.2, 0.25) is 0 Å². The van der Waals surface area contributed by atoms with E-state index in [2.05, 4.69) is 5.32 Å². The molecule has 0 aliphatic carbocycles. The third-order valence-electron chi connectivity index (χ3n) is 4.43. The predicted molar refractivity (Wildman–Crippen MR) is 87.1 cm³/mol. The number of likely N-dealkylation sites (tertiary alicyclic amines) is 1. The van der Waals surface area contributed by atoms with E-state index >= 15 is 0 Å². The summed E-state index contributed by atoms with van der Waals surface area (Å²) in [7, 11) is -3.20. The number of hydrogen-bond donors (Lipinski definition) is 1. The average Bonchev–Trinajstić information content (AvgIpc) is 2.54. The molecule has 0 aromatic rings. The highest BCUT2D eigenvalue weighted by Gasteiger charge is 2.47. The fourth-order valence-corrected chi connectivity index (χ4v) is 5.82. The Morgan fingerprint density at radius 3 is 2.41 bits per heavy atom. The second-order valence-corrected chi connectivity index (χ2v) is 9.37. The predicted octanol–water partition coefficient (Wildman–Crippen LogP) is 1.49. The van der Waals surface area contributed by atoms with Gasteiger partial charge in [-0.15, -0.1) is 0 Å². The second-order valence-electron chi connectivity index (χ2n) is 7.22. The molecule has 2 aliphatic rings. The lowest BCUT2D eigenvalue weighted by Gasteiger charge is -2.24. The number of fused-ring (bicyclic) bond motifs is 1. The third kappa shape index (κ3) is 3.74. The number of amides is 2. The van der Waals surface area contributed by atoms with Gasteiger partial charge >= 0.3 is 6.03 Å². The van der Waals surface area contributed by atoms with E-state index in [1.54, 1.807) is 9.21 Å². The van der Waals surface area contributed by atoms with Gasteiger partial charge in [0, 0.05) is 32.2 Å². The van der Waals surface area contributed by atoms with Gasteiger partial charge in [-0.05, 0) is 38.5 Å². The molecule has 2 fully saturated rings. The minimum absolute atomic E-state index is 0.0774. The number of urea groups is 1. The summed E-state index contributed by atoms with van der Waals surface area (Å²) in [4.78, 5) is 13.9. The molecule has 2 aliphatic heterocycles. The summed E-state index contributed by atoms with van der Waals surface area (Å²) in [5.74, 6) is 0.492. The zero-order valence-electron chi connectivity index (χ0n) is 14.1. The molecule has 6 nitrogen and oxygen atoms in total. The Kier molecular flexibility index (Phi) is 5.37. The zero-order valence-corrected chi connectivity index (χ0v) is 14.9. The van der Waals surface area contributed by atoms with Gasteiger partial charge in [-0.25, -0.2) is 17.5 Å². The van der Waals surface area contributed by atoms with Crippen molar-refractivity contribution in [1.82, 2.24) is 14.5 Å². The van der Waals surface area contributed by atoms with Crippen LogP contribution in [0.5, 0.6) is 0 Å². The Bertz CT molecular complexity index is 504. The van der Waals surface area contributed by atoms with Crippen molar-refractivity contribution in [2.24, 2.45) is 11.8 Å². The summed E-state index contributed by atoms with van der Waals surface area (Å²) in [6, 6.07) is 0.0203. The van der Waals surface area contributed by atoms with E-state index < -0.39 is 10.0 Å². The molecule has 0 aromatic carbocycles. The quantitative estimate of drug-likeness (QED) is 0.852. The summed E-state index contributed by atoms with van der Waals surface area (Å²) in [5, 5.41) is 2.57. The molecule has 2 rings (SSSR count). The SMILES string of the molecule is CC(C)CN1C[C@@H]2CCN(C(=O)NC(C)C)CC[C@@H]2S1(=O)=O. The largest absolute Gasteiger partial charge is 0.336 e. The Labute approximate surface area is 134 Å². The first-order valence-electron chi connectivity index (χ1n) is 8.26. The van der Waals surface area contributed by atoms with Crippen molar-refractivity contribution in [3.63, 3.8) is 0 Å². The summed E-state index contributed by atoms with van der Waals surface area (Å²) < 4.78 is 27.0. The molecule has 22 heavy (non-hydrogen) atoms. The van der Waals surface area contributed by atoms with Gasteiger partial charge in [-0.3, -0.25) is 0 Å². The molecule has 0 spiro atoms. The van der Waals surface area contributed by atoms with E-state index in [1.807, 2.05) is 27.7 Å². The highest BCUT2D eigenvalue weighted by atomic mass is 32.2. The van der Waals surface area contributed by atoms with Crippen LogP contribution < -0.4 is 5.32 Å². The molecular formula is C15H29N3O3S. The van der Waals surface area contributed by atoms with Crippen LogP contribution in [-0.2, 0) is 10.0 Å². The molecule has 128 valence electrons. The van der Waals surface area contributed by atoms with Crippen molar-refractivity contribution in [3.8, 4) is 0 Å². The number of sulfonamides is 1. The number of carbonyl (C=O) groups excluding carboxylic acids is 1. The Morgan fingerprint density at radius 1 is 1.18 bits per heavy atom. The monoisotopic (exact) mass is 331 g/mol. The molecule has 0 bridgehead atoms. The van der Waals surface area contributed by atoms with Gasteiger partial charge in [0.2, 0.25) is 10.0 Å². The van der Waals surface area contributed by atoms with Gasteiger partial charge in [0.15, 0.2) is 0 Å². The van der Waals surface area contributed by atoms with Crippen LogP contribution in [-0.4, -0.2) is 61.1 Å². The van der Waals surface area contributed by atoms with E-state index in [-0.39, 0.29) is 23.2 Å². The first-order valence-corrected chi connectivity index (χ1v) is 9.76. The van der Waals surface area contributed by atoms with Gasteiger partial charge in [-0.2, -0.15) is 0 Å². The number of rotatable bonds is 3. The standard InChI is InChI=1S/C15H29N3O3S/c1-11(2)9-18-10-13-5-7-17(15(19)16-12(3)4)8-6-14(13)22(18,20)21/h11-14H,5-10H2,1-4H3,(H,16,19)/t13-,14-/m0/s1. The molecule has 2 saturated heterocycles. The molecule has 0 radical (unpaired) electrons. The van der Waals surface area contributed by atoms with E-state index in [1.165, 1.54) is 0 Å². The van der Waals surface area contributed by atoms with Crippen LogP contribution in [0.1, 0.15) is 40.5 Å². The van der Waals surface area contributed by atoms with Crippen LogP contribution in [0.3, 0.4) is 0 Å². The first-order chi connectivity index (χ1) is 10.2. The Morgan fingerprint density at radius 2 is 1.82 bits per heavy atom. The van der Waals surface area contributed by atoms with Crippen LogP contribution in [0, 0.1) is 11.8 Å². The fraction of sp³-hybridized carbons (Fsp3) is 0.933. The normalized spacial score (nSPS) is 28.7. The maximum Gasteiger partial charge on any atom is 0.317 e. The topological polar surface area (TPSA) is 69.7 Å². The van der Waals surface area contributed by atoms with Gasteiger partial charge in [0.05, 0.1) is 5.25 Å². The second kappa shape index (κ2) is 6.74. The number of carbonyl (C=O) groups is 1. The van der Waals surface area contributed by atoms with Gasteiger partial charge in [0.1, 0.15) is 0 Å². The van der Waals surface area contributed by atoms with Crippen molar-refractivity contribution in [2.45, 2.75) is 51.8 Å². The van der Waals surface area contributed by atoms with Crippen molar-refractivity contribution < 1.29 is 13.2 Å². The van der Waals surface area contributed by atoms with Crippen molar-refractivity contribution in [1.29, 1.82) is 0 Å². The van der Waals surface area contributed by atoms with Gasteiger partial charge < -0.3 is 10.2 Å².